The number of esters is 1. The van der Waals surface area contributed by atoms with Gasteiger partial charge in [-0.2, -0.15) is 0 Å². The topological polar surface area (TPSA) is 63.7 Å². The van der Waals surface area contributed by atoms with Crippen LogP contribution in [0.15, 0.2) is 88.9 Å². The van der Waals surface area contributed by atoms with E-state index in [1.54, 1.807) is 29.2 Å². The molecular formula is C27H20BrNO4. The van der Waals surface area contributed by atoms with Crippen LogP contribution in [0.4, 0.5) is 5.69 Å². The van der Waals surface area contributed by atoms with Gasteiger partial charge in [-0.25, -0.2) is 0 Å². The number of carbonyl (C=O) groups is 3. The Bertz CT molecular complexity index is 1320. The number of benzene rings is 3. The molecule has 0 saturated heterocycles. The number of fused-ring (bicyclic) bond motifs is 2. The van der Waals surface area contributed by atoms with Crippen molar-refractivity contribution in [3.05, 3.63) is 106 Å². The van der Waals surface area contributed by atoms with Crippen LogP contribution in [-0.4, -0.2) is 17.7 Å². The lowest BCUT2D eigenvalue weighted by Crippen LogP contribution is -2.47. The van der Waals surface area contributed by atoms with Gasteiger partial charge in [0.25, 0.3) is 0 Å². The van der Waals surface area contributed by atoms with Crippen LogP contribution in [0, 0.1) is 0 Å². The van der Waals surface area contributed by atoms with E-state index < -0.39 is 11.4 Å². The summed E-state index contributed by atoms with van der Waals surface area (Å²) in [5, 5.41) is 0. The van der Waals surface area contributed by atoms with Crippen LogP contribution in [0.25, 0.3) is 5.76 Å². The number of cyclic esters (lactones) is 1. The van der Waals surface area contributed by atoms with E-state index in [1.165, 1.54) is 6.92 Å². The molecule has 5 nitrogen and oxygen atoms in total. The molecule has 0 bridgehead atoms. The number of anilines is 1. The fourth-order valence-corrected chi connectivity index (χ4v) is 5.19. The SMILES string of the molecule is CC(=O)C1=C(c2ccccc2)OC(=O)CC12C(=O)N(Cc1ccccc1)c1ccc(Br)cc12. The molecule has 2 aliphatic rings. The molecule has 3 aromatic rings. The lowest BCUT2D eigenvalue weighted by molar-refractivity contribution is -0.142. The summed E-state index contributed by atoms with van der Waals surface area (Å²) in [6.45, 7) is 1.75. The summed E-state index contributed by atoms with van der Waals surface area (Å²) in [6, 6.07) is 24.2. The summed E-state index contributed by atoms with van der Waals surface area (Å²) < 4.78 is 6.38. The van der Waals surface area contributed by atoms with E-state index in [9.17, 15) is 14.4 Å². The molecule has 2 aliphatic heterocycles. The molecule has 2 heterocycles. The van der Waals surface area contributed by atoms with Crippen molar-refractivity contribution in [2.45, 2.75) is 25.3 Å². The molecule has 3 aromatic carbocycles. The second-order valence-electron chi connectivity index (χ2n) is 8.22. The van der Waals surface area contributed by atoms with Crippen LogP contribution in [0.3, 0.4) is 0 Å². The van der Waals surface area contributed by atoms with Crippen molar-refractivity contribution in [1.82, 2.24) is 0 Å². The van der Waals surface area contributed by atoms with E-state index >= 15 is 0 Å². The summed E-state index contributed by atoms with van der Waals surface area (Å²) >= 11 is 3.51. The quantitative estimate of drug-likeness (QED) is 0.462. The van der Waals surface area contributed by atoms with Gasteiger partial charge in [-0.3, -0.25) is 14.4 Å². The van der Waals surface area contributed by atoms with Gasteiger partial charge in [-0.15, -0.1) is 0 Å². The molecule has 0 saturated carbocycles. The number of nitrogens with zero attached hydrogens (tertiary/aromatic N) is 1. The molecule has 1 spiro atoms. The predicted molar refractivity (Wildman–Crippen MR) is 128 cm³/mol. The van der Waals surface area contributed by atoms with E-state index in [2.05, 4.69) is 15.9 Å². The van der Waals surface area contributed by atoms with E-state index in [1.807, 2.05) is 54.6 Å². The van der Waals surface area contributed by atoms with Gasteiger partial charge >= 0.3 is 5.97 Å². The van der Waals surface area contributed by atoms with Crippen LogP contribution in [-0.2, 0) is 31.1 Å². The molecule has 1 atom stereocenters. The first-order valence-electron chi connectivity index (χ1n) is 10.6. The summed E-state index contributed by atoms with van der Waals surface area (Å²) in [7, 11) is 0. The molecule has 0 fully saturated rings. The van der Waals surface area contributed by atoms with Gasteiger partial charge < -0.3 is 9.64 Å². The third kappa shape index (κ3) is 3.42. The largest absolute Gasteiger partial charge is 0.425 e. The normalized spacial score (nSPS) is 19.6. The second-order valence-corrected chi connectivity index (χ2v) is 9.14. The van der Waals surface area contributed by atoms with Gasteiger partial charge in [0.2, 0.25) is 5.91 Å². The van der Waals surface area contributed by atoms with Crippen LogP contribution >= 0.6 is 15.9 Å². The van der Waals surface area contributed by atoms with Crippen molar-refractivity contribution in [3.63, 3.8) is 0 Å². The third-order valence-corrected chi connectivity index (χ3v) is 6.66. The van der Waals surface area contributed by atoms with E-state index in [-0.39, 0.29) is 29.4 Å². The van der Waals surface area contributed by atoms with Gasteiger partial charge in [0.1, 0.15) is 11.2 Å². The van der Waals surface area contributed by atoms with E-state index in [4.69, 9.17) is 4.74 Å². The van der Waals surface area contributed by atoms with Crippen LogP contribution in [0.1, 0.15) is 30.0 Å². The van der Waals surface area contributed by atoms with Crippen molar-refractivity contribution in [2.75, 3.05) is 4.90 Å². The average Bonchev–Trinajstić information content (AvgIpc) is 3.02. The van der Waals surface area contributed by atoms with Crippen molar-refractivity contribution in [3.8, 4) is 0 Å². The van der Waals surface area contributed by atoms with Crippen molar-refractivity contribution in [1.29, 1.82) is 0 Å². The van der Waals surface area contributed by atoms with Crippen LogP contribution in [0.5, 0.6) is 0 Å². The minimum atomic E-state index is -1.44. The smallest absolute Gasteiger partial charge is 0.313 e. The van der Waals surface area contributed by atoms with Gasteiger partial charge in [0.15, 0.2) is 5.78 Å². The molecule has 0 aromatic heterocycles. The van der Waals surface area contributed by atoms with Gasteiger partial charge in [-0.1, -0.05) is 76.6 Å². The number of carbonyl (C=O) groups excluding carboxylic acids is 3. The molecule has 6 heteroatoms. The lowest BCUT2D eigenvalue weighted by atomic mass is 9.69. The van der Waals surface area contributed by atoms with E-state index in [0.29, 0.717) is 23.4 Å². The monoisotopic (exact) mass is 501 g/mol. The first kappa shape index (κ1) is 21.3. The fourth-order valence-electron chi connectivity index (χ4n) is 4.83. The molecule has 1 unspecified atom stereocenters. The summed E-state index contributed by atoms with van der Waals surface area (Å²) in [6.07, 6.45) is -0.230. The summed E-state index contributed by atoms with van der Waals surface area (Å²) in [4.78, 5) is 41.9. The minimum absolute atomic E-state index is 0.153. The zero-order valence-electron chi connectivity index (χ0n) is 17.9. The summed E-state index contributed by atoms with van der Waals surface area (Å²) in [5.41, 5.74) is 1.63. The second kappa shape index (κ2) is 8.12. The van der Waals surface area contributed by atoms with Crippen LogP contribution < -0.4 is 4.90 Å². The standard InChI is InChI=1S/C27H20BrNO4/c1-17(30)24-25(19-10-6-3-7-11-19)33-23(31)15-27(24)21-14-20(28)12-13-22(21)29(26(27)32)16-18-8-4-2-5-9-18/h2-14H,15-16H2,1H3. The fraction of sp³-hybridized carbons (Fsp3) is 0.148. The zero-order valence-corrected chi connectivity index (χ0v) is 19.5. The highest BCUT2D eigenvalue weighted by molar-refractivity contribution is 9.10. The third-order valence-electron chi connectivity index (χ3n) is 6.17. The highest BCUT2D eigenvalue weighted by atomic mass is 79.9. The number of Topliss-reactive ketones (excluding diaryl/α,β-unsaturated/α-hetero) is 1. The number of hydrogen-bond acceptors (Lipinski definition) is 4. The Morgan fingerprint density at radius 3 is 2.33 bits per heavy atom. The number of ether oxygens (including phenoxy) is 1. The molecule has 164 valence electrons. The van der Waals surface area contributed by atoms with Crippen molar-refractivity contribution in [2.24, 2.45) is 0 Å². The summed E-state index contributed by atoms with van der Waals surface area (Å²) in [5.74, 6) is -0.989. The Kier molecular flexibility index (Phi) is 5.25. The maximum absolute atomic E-state index is 14.2. The average molecular weight is 502 g/mol. The van der Waals surface area contributed by atoms with Crippen molar-refractivity contribution >= 4 is 45.0 Å². The molecule has 0 aliphatic carbocycles. The Labute approximate surface area is 199 Å². The minimum Gasteiger partial charge on any atom is -0.425 e. The highest BCUT2D eigenvalue weighted by Crippen LogP contribution is 2.54. The first-order chi connectivity index (χ1) is 15.9. The highest BCUT2D eigenvalue weighted by Gasteiger charge is 2.59. The maximum atomic E-state index is 14.2. The Morgan fingerprint density at radius 2 is 1.67 bits per heavy atom. The number of ketones is 1. The van der Waals surface area contributed by atoms with Gasteiger partial charge in [-0.05, 0) is 36.2 Å². The number of hydrogen-bond donors (Lipinski definition) is 0. The molecule has 0 N–H and O–H groups in total. The Hall–Kier alpha value is -3.51. The molecule has 0 radical (unpaired) electrons. The van der Waals surface area contributed by atoms with Crippen LogP contribution in [0.2, 0.25) is 0 Å². The number of amides is 1. The predicted octanol–water partition coefficient (Wildman–Crippen LogP) is 5.18. The zero-order chi connectivity index (χ0) is 23.2. The lowest BCUT2D eigenvalue weighted by Gasteiger charge is -2.35. The number of rotatable bonds is 4. The Balaban J connectivity index is 1.78. The Morgan fingerprint density at radius 1 is 1.00 bits per heavy atom. The molecular weight excluding hydrogens is 482 g/mol. The van der Waals surface area contributed by atoms with Crippen molar-refractivity contribution < 1.29 is 19.1 Å². The molecule has 33 heavy (non-hydrogen) atoms. The first-order valence-corrected chi connectivity index (χ1v) is 11.4. The van der Waals surface area contributed by atoms with Gasteiger partial charge in [0.05, 0.1) is 18.5 Å². The van der Waals surface area contributed by atoms with E-state index in [0.717, 1.165) is 10.0 Å². The molecule has 5 rings (SSSR count). The van der Waals surface area contributed by atoms with Gasteiger partial charge in [0, 0.05) is 15.7 Å². The maximum Gasteiger partial charge on any atom is 0.313 e. The number of halogens is 1. The molecule has 1 amide bonds.